The number of likely N-dealkylation sites (N-methyl/N-ethyl adjacent to an activating group) is 2. The normalized spacial score (nSPS) is 11.4. The summed E-state index contributed by atoms with van der Waals surface area (Å²) in [7, 11) is 4.23. The maximum Gasteiger partial charge on any atom is 0.0931 e. The van der Waals surface area contributed by atoms with E-state index in [1.165, 1.54) is 5.56 Å². The highest BCUT2D eigenvalue weighted by molar-refractivity contribution is 7.98. The molecule has 0 unspecified atom stereocenters. The monoisotopic (exact) mass is 451 g/mol. The zero-order valence-electron chi connectivity index (χ0n) is 17.8. The number of aromatic nitrogens is 3. The molecule has 0 fully saturated rings. The predicted molar refractivity (Wildman–Crippen MR) is 131 cm³/mol. The highest BCUT2D eigenvalue weighted by Crippen LogP contribution is 2.32. The predicted octanol–water partition coefficient (Wildman–Crippen LogP) is 5.47. The van der Waals surface area contributed by atoms with Crippen molar-refractivity contribution in [3.05, 3.63) is 83.4 Å². The van der Waals surface area contributed by atoms with Crippen molar-refractivity contribution in [1.29, 1.82) is 0 Å². The highest BCUT2D eigenvalue weighted by atomic mass is 35.5. The van der Waals surface area contributed by atoms with Gasteiger partial charge in [0, 0.05) is 43.5 Å². The number of hydrogen-bond acceptors (Lipinski definition) is 5. The summed E-state index contributed by atoms with van der Waals surface area (Å²) in [5, 5.41) is 0.728. The molecule has 5 nitrogen and oxygen atoms in total. The van der Waals surface area contributed by atoms with Gasteiger partial charge < -0.3 is 14.8 Å². The van der Waals surface area contributed by atoms with E-state index in [1.54, 1.807) is 18.1 Å². The first-order valence-electron chi connectivity index (χ1n) is 10.2. The van der Waals surface area contributed by atoms with E-state index in [9.17, 15) is 0 Å². The van der Waals surface area contributed by atoms with E-state index in [0.29, 0.717) is 5.75 Å². The van der Waals surface area contributed by atoms with E-state index < -0.39 is 0 Å². The zero-order valence-corrected chi connectivity index (χ0v) is 19.3. The summed E-state index contributed by atoms with van der Waals surface area (Å²) in [5.74, 6) is 0.716. The number of fused-ring (bicyclic) bond motifs is 1. The molecule has 2 heterocycles. The number of rotatable bonds is 9. The fourth-order valence-electron chi connectivity index (χ4n) is 3.44. The first-order valence-corrected chi connectivity index (χ1v) is 11.6. The average Bonchev–Trinajstić information content (AvgIpc) is 3.25. The van der Waals surface area contributed by atoms with Crippen LogP contribution in [0.25, 0.3) is 11.0 Å². The Hall–Kier alpha value is -2.54. The maximum atomic E-state index is 6.75. The maximum absolute atomic E-state index is 6.75. The van der Waals surface area contributed by atoms with E-state index in [-0.39, 0.29) is 0 Å². The standard InChI is InChI=1S/C24H26ClN5S/c1-29(15-18-6-4-3-5-7-18)12-13-30(2)23-10-11-26-22(24(23)25)16-31-19-8-9-20-21(14-19)28-17-27-20/h3-11,14,17H,12-13,15-16H2,1-2H3,(H,27,28). The zero-order chi connectivity index (χ0) is 21.6. The molecule has 0 atom stereocenters. The van der Waals surface area contributed by atoms with Gasteiger partial charge in [0.05, 0.1) is 33.8 Å². The number of hydrogen-bond donors (Lipinski definition) is 1. The van der Waals surface area contributed by atoms with Gasteiger partial charge in [0.2, 0.25) is 0 Å². The molecular weight excluding hydrogens is 426 g/mol. The molecule has 2 aromatic carbocycles. The second-order valence-electron chi connectivity index (χ2n) is 7.61. The van der Waals surface area contributed by atoms with Crippen molar-refractivity contribution in [3.63, 3.8) is 0 Å². The fourth-order valence-corrected chi connectivity index (χ4v) is 4.73. The van der Waals surface area contributed by atoms with Gasteiger partial charge in [0.25, 0.3) is 0 Å². The number of halogens is 1. The molecule has 4 rings (SSSR count). The summed E-state index contributed by atoms with van der Waals surface area (Å²) >= 11 is 8.47. The second-order valence-corrected chi connectivity index (χ2v) is 9.03. The smallest absolute Gasteiger partial charge is 0.0931 e. The van der Waals surface area contributed by atoms with Gasteiger partial charge in [-0.1, -0.05) is 41.9 Å². The van der Waals surface area contributed by atoms with Crippen LogP contribution in [-0.2, 0) is 12.3 Å². The van der Waals surface area contributed by atoms with Crippen LogP contribution in [0.1, 0.15) is 11.3 Å². The van der Waals surface area contributed by atoms with Crippen LogP contribution >= 0.6 is 23.4 Å². The minimum Gasteiger partial charge on any atom is -0.372 e. The lowest BCUT2D eigenvalue weighted by Crippen LogP contribution is -2.30. The minimum absolute atomic E-state index is 0.716. The number of imidazole rings is 1. The van der Waals surface area contributed by atoms with Crippen LogP contribution in [0.2, 0.25) is 5.02 Å². The number of nitrogens with one attached hydrogen (secondary N) is 1. The van der Waals surface area contributed by atoms with Gasteiger partial charge in [-0.15, -0.1) is 11.8 Å². The molecule has 0 spiro atoms. The van der Waals surface area contributed by atoms with Crippen LogP contribution in [0.4, 0.5) is 5.69 Å². The molecule has 0 saturated carbocycles. The van der Waals surface area contributed by atoms with Gasteiger partial charge >= 0.3 is 0 Å². The van der Waals surface area contributed by atoms with Crippen LogP contribution < -0.4 is 4.90 Å². The molecule has 31 heavy (non-hydrogen) atoms. The van der Waals surface area contributed by atoms with Gasteiger partial charge in [-0.2, -0.15) is 0 Å². The van der Waals surface area contributed by atoms with E-state index in [0.717, 1.165) is 52.0 Å². The quantitative estimate of drug-likeness (QED) is 0.342. The lowest BCUT2D eigenvalue weighted by atomic mass is 10.2. The Kier molecular flexibility index (Phi) is 7.12. The second kappa shape index (κ2) is 10.2. The third kappa shape index (κ3) is 5.58. The third-order valence-electron chi connectivity index (χ3n) is 5.23. The molecule has 0 aliphatic rings. The molecule has 1 N–H and O–H groups in total. The van der Waals surface area contributed by atoms with Gasteiger partial charge in [-0.25, -0.2) is 4.98 Å². The lowest BCUT2D eigenvalue weighted by molar-refractivity contribution is 0.334. The average molecular weight is 452 g/mol. The number of nitrogens with zero attached hydrogens (tertiary/aromatic N) is 4. The topological polar surface area (TPSA) is 48.1 Å². The van der Waals surface area contributed by atoms with Gasteiger partial charge in [-0.3, -0.25) is 4.98 Å². The van der Waals surface area contributed by atoms with Crippen LogP contribution in [0.15, 0.2) is 72.0 Å². The van der Waals surface area contributed by atoms with Crippen molar-refractivity contribution < 1.29 is 0 Å². The summed E-state index contributed by atoms with van der Waals surface area (Å²) in [6, 6.07) is 18.7. The van der Waals surface area contributed by atoms with E-state index in [2.05, 4.69) is 75.2 Å². The van der Waals surface area contributed by atoms with Crippen molar-refractivity contribution in [1.82, 2.24) is 19.9 Å². The van der Waals surface area contributed by atoms with Crippen molar-refractivity contribution in [3.8, 4) is 0 Å². The largest absolute Gasteiger partial charge is 0.372 e. The Bertz CT molecular complexity index is 1130. The number of H-pyrrole nitrogens is 1. The Morgan fingerprint density at radius 3 is 2.68 bits per heavy atom. The molecule has 2 aromatic heterocycles. The summed E-state index contributed by atoms with van der Waals surface area (Å²) in [6.07, 6.45) is 3.56. The summed E-state index contributed by atoms with van der Waals surface area (Å²) < 4.78 is 0. The number of aromatic amines is 1. The summed E-state index contributed by atoms with van der Waals surface area (Å²) in [5.41, 5.74) is 5.25. The highest BCUT2D eigenvalue weighted by Gasteiger charge is 2.13. The van der Waals surface area contributed by atoms with Crippen LogP contribution in [-0.4, -0.2) is 47.0 Å². The van der Waals surface area contributed by atoms with Crippen molar-refractivity contribution in [2.45, 2.75) is 17.2 Å². The first-order chi connectivity index (χ1) is 15.1. The molecular formula is C24H26ClN5S. The third-order valence-corrected chi connectivity index (χ3v) is 6.65. The van der Waals surface area contributed by atoms with Crippen molar-refractivity contribution in [2.24, 2.45) is 0 Å². The van der Waals surface area contributed by atoms with Crippen LogP contribution in [0.3, 0.4) is 0 Å². The number of thioether (sulfide) groups is 1. The van der Waals surface area contributed by atoms with E-state index in [4.69, 9.17) is 11.6 Å². The summed E-state index contributed by atoms with van der Waals surface area (Å²) in [4.78, 5) is 17.6. The molecule has 0 aliphatic heterocycles. The van der Waals surface area contributed by atoms with Crippen molar-refractivity contribution >= 4 is 40.1 Å². The Morgan fingerprint density at radius 1 is 1.00 bits per heavy atom. The van der Waals surface area contributed by atoms with Gasteiger partial charge in [0.15, 0.2) is 0 Å². The first kappa shape index (κ1) is 21.7. The molecule has 4 aromatic rings. The number of pyridine rings is 1. The Balaban J connectivity index is 1.35. The minimum atomic E-state index is 0.716. The molecule has 0 aliphatic carbocycles. The molecule has 0 amide bonds. The Morgan fingerprint density at radius 2 is 1.84 bits per heavy atom. The molecule has 0 bridgehead atoms. The van der Waals surface area contributed by atoms with E-state index >= 15 is 0 Å². The van der Waals surface area contributed by atoms with Crippen LogP contribution in [0, 0.1) is 0 Å². The molecule has 0 saturated heterocycles. The van der Waals surface area contributed by atoms with E-state index in [1.807, 2.05) is 24.4 Å². The number of anilines is 1. The van der Waals surface area contributed by atoms with Gasteiger partial charge in [0.1, 0.15) is 0 Å². The number of benzene rings is 2. The van der Waals surface area contributed by atoms with Crippen molar-refractivity contribution in [2.75, 3.05) is 32.1 Å². The SMILES string of the molecule is CN(CCN(C)c1ccnc(CSc2ccc3nc[nH]c3c2)c1Cl)Cc1ccccc1. The molecule has 0 radical (unpaired) electrons. The fraction of sp³-hybridized carbons (Fsp3) is 0.250. The van der Waals surface area contributed by atoms with Crippen LogP contribution in [0.5, 0.6) is 0 Å². The van der Waals surface area contributed by atoms with Gasteiger partial charge in [-0.05, 0) is 36.9 Å². The Labute approximate surface area is 192 Å². The summed E-state index contributed by atoms with van der Waals surface area (Å²) in [6.45, 7) is 2.76. The molecule has 160 valence electrons. The lowest BCUT2D eigenvalue weighted by Gasteiger charge is -2.25. The molecule has 7 heteroatoms.